The third kappa shape index (κ3) is 3.67. The van der Waals surface area contributed by atoms with Crippen molar-refractivity contribution >= 4 is 35.6 Å². The number of nitrogens with one attached hydrogen (secondary N) is 1. The molecule has 3 N–H and O–H groups in total. The standard InChI is InChI=1S/C17H17Cl2NO3.ClH/c1-23-17-12(18)4-9(5-13(17)19)6-14-11-8-16(22)15(21)7-10(11)2-3-20-14;/h4-5,7-8,14,20-22H,2-3,6H2,1H3;1H/t14-;/m0./s1. The molecular weight excluding hydrogens is 373 g/mol. The minimum atomic E-state index is -0.108. The summed E-state index contributed by atoms with van der Waals surface area (Å²) in [6.07, 6.45) is 1.48. The molecule has 0 saturated heterocycles. The van der Waals surface area contributed by atoms with Gasteiger partial charge < -0.3 is 20.3 Å². The molecule has 1 heterocycles. The number of hydrogen-bond donors (Lipinski definition) is 3. The van der Waals surface area contributed by atoms with Gasteiger partial charge in [-0.25, -0.2) is 0 Å². The molecule has 1 aliphatic heterocycles. The van der Waals surface area contributed by atoms with Crippen molar-refractivity contribution in [2.75, 3.05) is 13.7 Å². The topological polar surface area (TPSA) is 61.7 Å². The number of phenols is 2. The van der Waals surface area contributed by atoms with Gasteiger partial charge in [0.05, 0.1) is 17.2 Å². The van der Waals surface area contributed by atoms with Gasteiger partial charge in [-0.15, -0.1) is 12.4 Å². The van der Waals surface area contributed by atoms with Crippen molar-refractivity contribution in [2.24, 2.45) is 0 Å². The highest BCUT2D eigenvalue weighted by atomic mass is 35.5. The molecule has 24 heavy (non-hydrogen) atoms. The van der Waals surface area contributed by atoms with Crippen molar-refractivity contribution in [1.82, 2.24) is 5.32 Å². The highest BCUT2D eigenvalue weighted by molar-refractivity contribution is 6.37. The Morgan fingerprint density at radius 2 is 1.75 bits per heavy atom. The van der Waals surface area contributed by atoms with Gasteiger partial charge in [-0.2, -0.15) is 0 Å². The molecule has 0 aliphatic carbocycles. The Hall–Kier alpha value is -1.33. The van der Waals surface area contributed by atoms with E-state index in [0.29, 0.717) is 22.2 Å². The largest absolute Gasteiger partial charge is 0.504 e. The van der Waals surface area contributed by atoms with Gasteiger partial charge in [0, 0.05) is 6.04 Å². The van der Waals surface area contributed by atoms with Crippen molar-refractivity contribution < 1.29 is 14.9 Å². The average Bonchev–Trinajstić information content (AvgIpc) is 2.49. The Balaban J connectivity index is 0.00000208. The zero-order valence-corrected chi connectivity index (χ0v) is 15.3. The number of methoxy groups -OCH3 is 1. The Labute approximate surface area is 156 Å². The zero-order valence-electron chi connectivity index (χ0n) is 13.0. The van der Waals surface area contributed by atoms with Crippen molar-refractivity contribution in [3.8, 4) is 17.2 Å². The van der Waals surface area contributed by atoms with E-state index >= 15 is 0 Å². The fraction of sp³-hybridized carbons (Fsp3) is 0.294. The summed E-state index contributed by atoms with van der Waals surface area (Å²) in [6.45, 7) is 0.805. The number of hydrogen-bond acceptors (Lipinski definition) is 4. The molecule has 0 amide bonds. The van der Waals surface area contributed by atoms with Crippen LogP contribution in [0.5, 0.6) is 17.2 Å². The minimum absolute atomic E-state index is 0. The highest BCUT2D eigenvalue weighted by Gasteiger charge is 2.22. The van der Waals surface area contributed by atoms with Gasteiger partial charge in [-0.3, -0.25) is 0 Å². The summed E-state index contributed by atoms with van der Waals surface area (Å²) < 4.78 is 5.17. The van der Waals surface area contributed by atoms with Crippen LogP contribution in [0.4, 0.5) is 0 Å². The second-order valence-corrected chi connectivity index (χ2v) is 6.41. The lowest BCUT2D eigenvalue weighted by molar-refractivity contribution is 0.398. The quantitative estimate of drug-likeness (QED) is 0.685. The molecule has 0 unspecified atom stereocenters. The Bertz CT molecular complexity index is 729. The van der Waals surface area contributed by atoms with Crippen LogP contribution in [0.2, 0.25) is 10.0 Å². The Morgan fingerprint density at radius 1 is 1.12 bits per heavy atom. The smallest absolute Gasteiger partial charge is 0.157 e. The first-order valence-corrected chi connectivity index (χ1v) is 8.05. The van der Waals surface area contributed by atoms with Crippen LogP contribution in [-0.4, -0.2) is 23.9 Å². The van der Waals surface area contributed by atoms with Crippen molar-refractivity contribution in [1.29, 1.82) is 0 Å². The molecule has 1 atom stereocenters. The van der Waals surface area contributed by atoms with Gasteiger partial charge in [0.2, 0.25) is 0 Å². The second-order valence-electron chi connectivity index (χ2n) is 5.59. The van der Waals surface area contributed by atoms with E-state index in [1.54, 1.807) is 12.1 Å². The fourth-order valence-corrected chi connectivity index (χ4v) is 3.70. The van der Waals surface area contributed by atoms with Gasteiger partial charge in [-0.05, 0) is 60.3 Å². The van der Waals surface area contributed by atoms with E-state index in [1.165, 1.54) is 7.11 Å². The molecule has 2 aromatic carbocycles. The maximum atomic E-state index is 9.78. The Kier molecular flexibility index (Phi) is 6.10. The van der Waals surface area contributed by atoms with Crippen LogP contribution in [0.3, 0.4) is 0 Å². The van der Waals surface area contributed by atoms with Crippen LogP contribution in [-0.2, 0) is 12.8 Å². The first-order chi connectivity index (χ1) is 11.0. The van der Waals surface area contributed by atoms with Crippen molar-refractivity contribution in [2.45, 2.75) is 18.9 Å². The molecule has 130 valence electrons. The van der Waals surface area contributed by atoms with Crippen LogP contribution >= 0.6 is 35.6 Å². The number of phenolic OH excluding ortho intramolecular Hbond substituents is 2. The van der Waals surface area contributed by atoms with E-state index in [9.17, 15) is 10.2 Å². The second kappa shape index (κ2) is 7.70. The van der Waals surface area contributed by atoms with E-state index in [4.69, 9.17) is 27.9 Å². The summed E-state index contributed by atoms with van der Waals surface area (Å²) in [5.41, 5.74) is 2.99. The van der Waals surface area contributed by atoms with Crippen LogP contribution < -0.4 is 10.1 Å². The maximum Gasteiger partial charge on any atom is 0.157 e. The van der Waals surface area contributed by atoms with Gasteiger partial charge in [0.15, 0.2) is 17.2 Å². The van der Waals surface area contributed by atoms with E-state index in [2.05, 4.69) is 5.32 Å². The predicted molar refractivity (Wildman–Crippen MR) is 98.2 cm³/mol. The predicted octanol–water partition coefficient (Wildman–Crippen LogP) is 4.26. The lowest BCUT2D eigenvalue weighted by Crippen LogP contribution is -2.31. The fourth-order valence-electron chi connectivity index (χ4n) is 3.01. The third-order valence-electron chi connectivity index (χ3n) is 4.10. The van der Waals surface area contributed by atoms with Gasteiger partial charge in [0.25, 0.3) is 0 Å². The normalized spacial score (nSPS) is 16.2. The first-order valence-electron chi connectivity index (χ1n) is 7.29. The van der Waals surface area contributed by atoms with Gasteiger partial charge in [0.1, 0.15) is 0 Å². The first kappa shape index (κ1) is 19.0. The molecule has 0 fully saturated rings. The summed E-state index contributed by atoms with van der Waals surface area (Å²) in [4.78, 5) is 0. The number of fused-ring (bicyclic) bond motifs is 1. The Morgan fingerprint density at radius 3 is 2.38 bits per heavy atom. The maximum absolute atomic E-state index is 9.78. The summed E-state index contributed by atoms with van der Waals surface area (Å²) >= 11 is 12.4. The molecule has 0 saturated carbocycles. The lowest BCUT2D eigenvalue weighted by atomic mass is 9.90. The monoisotopic (exact) mass is 389 g/mol. The summed E-state index contributed by atoms with van der Waals surface area (Å²) in [6, 6.07) is 6.94. The van der Waals surface area contributed by atoms with E-state index in [0.717, 1.165) is 29.7 Å². The van der Waals surface area contributed by atoms with Crippen LogP contribution in [0.15, 0.2) is 24.3 Å². The van der Waals surface area contributed by atoms with E-state index in [1.807, 2.05) is 12.1 Å². The molecule has 0 aromatic heterocycles. The van der Waals surface area contributed by atoms with E-state index in [-0.39, 0.29) is 29.9 Å². The molecule has 4 nitrogen and oxygen atoms in total. The van der Waals surface area contributed by atoms with Crippen molar-refractivity contribution in [3.63, 3.8) is 0 Å². The summed E-state index contributed by atoms with van der Waals surface area (Å²) in [5, 5.41) is 23.8. The highest BCUT2D eigenvalue weighted by Crippen LogP contribution is 2.37. The minimum Gasteiger partial charge on any atom is -0.504 e. The summed E-state index contributed by atoms with van der Waals surface area (Å²) in [5.74, 6) is 0.278. The molecule has 3 rings (SSSR count). The molecule has 0 radical (unpaired) electrons. The van der Waals surface area contributed by atoms with Crippen LogP contribution in [0, 0.1) is 0 Å². The molecular formula is C17H18Cl3NO3. The number of ether oxygens (including phenoxy) is 1. The summed E-state index contributed by atoms with van der Waals surface area (Å²) in [7, 11) is 1.53. The van der Waals surface area contributed by atoms with Crippen molar-refractivity contribution in [3.05, 3.63) is 51.0 Å². The van der Waals surface area contributed by atoms with Gasteiger partial charge >= 0.3 is 0 Å². The molecule has 7 heteroatoms. The lowest BCUT2D eigenvalue weighted by Gasteiger charge is -2.27. The van der Waals surface area contributed by atoms with Crippen LogP contribution in [0.25, 0.3) is 0 Å². The third-order valence-corrected chi connectivity index (χ3v) is 4.66. The zero-order chi connectivity index (χ0) is 16.6. The molecule has 1 aliphatic rings. The SMILES string of the molecule is COc1c(Cl)cc(C[C@@H]2NCCc3cc(O)c(O)cc32)cc1Cl.Cl. The van der Waals surface area contributed by atoms with Gasteiger partial charge in [-0.1, -0.05) is 23.2 Å². The number of halogens is 3. The van der Waals surface area contributed by atoms with E-state index < -0.39 is 0 Å². The number of benzene rings is 2. The number of rotatable bonds is 3. The molecule has 0 bridgehead atoms. The van der Waals surface area contributed by atoms with Crippen LogP contribution in [0.1, 0.15) is 22.7 Å². The average molecular weight is 391 g/mol. The molecule has 0 spiro atoms. The molecule has 2 aromatic rings. The number of aromatic hydroxyl groups is 2.